The van der Waals surface area contributed by atoms with Crippen molar-refractivity contribution in [2.45, 2.75) is 19.6 Å². The maximum absolute atomic E-state index is 12.3. The molecular formula is C19H18Br2N2O3. The first kappa shape index (κ1) is 20.2. The van der Waals surface area contributed by atoms with Crippen molar-refractivity contribution in [3.63, 3.8) is 0 Å². The van der Waals surface area contributed by atoms with Crippen LogP contribution in [0.2, 0.25) is 0 Å². The normalized spacial score (nSPS) is 11.2. The zero-order valence-corrected chi connectivity index (χ0v) is 17.2. The Morgan fingerprint density at radius 3 is 2.42 bits per heavy atom. The minimum atomic E-state index is -0.747. The summed E-state index contributed by atoms with van der Waals surface area (Å²) in [4.78, 5) is 24.2. The molecule has 0 aromatic heterocycles. The van der Waals surface area contributed by atoms with Crippen molar-refractivity contribution in [1.82, 2.24) is 5.32 Å². The third-order valence-corrected chi connectivity index (χ3v) is 3.88. The summed E-state index contributed by atoms with van der Waals surface area (Å²) < 4.78 is 5.88. The van der Waals surface area contributed by atoms with Crippen LogP contribution in [0.5, 0.6) is 0 Å². The summed E-state index contributed by atoms with van der Waals surface area (Å²) >= 11 is 6.60. The number of benzene rings is 2. The largest absolute Gasteiger partial charge is 0.445 e. The van der Waals surface area contributed by atoms with E-state index in [2.05, 4.69) is 42.5 Å². The topological polar surface area (TPSA) is 67.4 Å². The first-order valence-corrected chi connectivity index (χ1v) is 9.44. The molecule has 0 aliphatic rings. The molecule has 0 bridgehead atoms. The van der Waals surface area contributed by atoms with E-state index in [-0.39, 0.29) is 12.5 Å². The molecule has 1 atom stereocenters. The van der Waals surface area contributed by atoms with Crippen LogP contribution in [0, 0.1) is 0 Å². The number of ether oxygens (including phenoxy) is 1. The van der Waals surface area contributed by atoms with Gasteiger partial charge >= 0.3 is 6.09 Å². The average Bonchev–Trinajstić information content (AvgIpc) is 2.62. The number of alkyl carbamates (subject to hydrolysis) is 1. The lowest BCUT2D eigenvalue weighted by Gasteiger charge is -2.15. The molecule has 2 amide bonds. The number of hydrogen-bond donors (Lipinski definition) is 2. The van der Waals surface area contributed by atoms with E-state index < -0.39 is 12.1 Å². The summed E-state index contributed by atoms with van der Waals surface area (Å²) in [6, 6.07) is 15.9. The van der Waals surface area contributed by atoms with Gasteiger partial charge in [-0.3, -0.25) is 4.79 Å². The molecule has 2 N–H and O–H groups in total. The maximum Gasteiger partial charge on any atom is 0.408 e. The van der Waals surface area contributed by atoms with E-state index in [1.165, 1.54) is 0 Å². The van der Waals surface area contributed by atoms with E-state index in [1.807, 2.05) is 54.6 Å². The van der Waals surface area contributed by atoms with E-state index >= 15 is 0 Å². The molecule has 136 valence electrons. The van der Waals surface area contributed by atoms with Crippen LogP contribution >= 0.6 is 31.9 Å². The highest BCUT2D eigenvalue weighted by Crippen LogP contribution is 2.23. The highest BCUT2D eigenvalue weighted by atomic mass is 79.9. The Balaban J connectivity index is 1.89. The van der Waals surface area contributed by atoms with E-state index in [0.29, 0.717) is 5.69 Å². The molecule has 0 aliphatic carbocycles. The molecule has 0 saturated carbocycles. The number of carbonyl (C=O) groups excluding carboxylic acids is 2. The second kappa shape index (κ2) is 10.1. The second-order valence-electron chi connectivity index (χ2n) is 5.44. The van der Waals surface area contributed by atoms with Crippen LogP contribution in [0.1, 0.15) is 18.1 Å². The first-order valence-electron chi connectivity index (χ1n) is 7.85. The fraction of sp³-hybridized carbons (Fsp3) is 0.158. The number of halogens is 2. The highest BCUT2D eigenvalue weighted by molar-refractivity contribution is 9.28. The number of hydrogen-bond acceptors (Lipinski definition) is 3. The van der Waals surface area contributed by atoms with Crippen molar-refractivity contribution in [3.05, 3.63) is 69.1 Å². The minimum Gasteiger partial charge on any atom is -0.445 e. The predicted octanol–water partition coefficient (Wildman–Crippen LogP) is 5.03. The van der Waals surface area contributed by atoms with Crippen molar-refractivity contribution in [2.75, 3.05) is 5.32 Å². The fourth-order valence-electron chi connectivity index (χ4n) is 2.10. The molecule has 0 heterocycles. The van der Waals surface area contributed by atoms with Gasteiger partial charge in [0.25, 0.3) is 0 Å². The number of carbonyl (C=O) groups is 2. The lowest BCUT2D eigenvalue weighted by molar-refractivity contribution is -0.117. The van der Waals surface area contributed by atoms with Gasteiger partial charge in [-0.25, -0.2) is 4.79 Å². The SMILES string of the molecule is C[C@H](NC(=O)OCc1ccccc1)C(=O)Nc1ccccc1C=C(Br)Br. The van der Waals surface area contributed by atoms with Gasteiger partial charge in [-0.1, -0.05) is 48.5 Å². The third kappa shape index (κ3) is 6.65. The Labute approximate surface area is 169 Å². The van der Waals surface area contributed by atoms with Crippen LogP contribution in [-0.4, -0.2) is 18.0 Å². The fourth-order valence-corrected chi connectivity index (χ4v) is 2.60. The molecule has 7 heteroatoms. The highest BCUT2D eigenvalue weighted by Gasteiger charge is 2.17. The molecular weight excluding hydrogens is 464 g/mol. The molecule has 0 unspecified atom stereocenters. The zero-order chi connectivity index (χ0) is 18.9. The molecule has 2 aromatic carbocycles. The summed E-state index contributed by atoms with van der Waals surface area (Å²) in [5.41, 5.74) is 2.34. The van der Waals surface area contributed by atoms with Gasteiger partial charge < -0.3 is 15.4 Å². The average molecular weight is 482 g/mol. The summed E-state index contributed by atoms with van der Waals surface area (Å²) in [6.07, 6.45) is 1.18. The molecule has 2 rings (SSSR count). The molecule has 0 fully saturated rings. The van der Waals surface area contributed by atoms with Crippen LogP contribution in [0.4, 0.5) is 10.5 Å². The molecule has 0 spiro atoms. The lowest BCUT2D eigenvalue weighted by atomic mass is 10.1. The van der Waals surface area contributed by atoms with Gasteiger partial charge in [0.05, 0.1) is 3.39 Å². The monoisotopic (exact) mass is 480 g/mol. The summed E-state index contributed by atoms with van der Waals surface area (Å²) in [7, 11) is 0. The number of anilines is 1. The minimum absolute atomic E-state index is 0.147. The van der Waals surface area contributed by atoms with E-state index in [4.69, 9.17) is 4.74 Å². The summed E-state index contributed by atoms with van der Waals surface area (Å²) in [6.45, 7) is 1.74. The van der Waals surface area contributed by atoms with Crippen molar-refractivity contribution in [2.24, 2.45) is 0 Å². The number of rotatable bonds is 6. The van der Waals surface area contributed by atoms with Crippen molar-refractivity contribution in [1.29, 1.82) is 0 Å². The zero-order valence-electron chi connectivity index (χ0n) is 14.0. The smallest absolute Gasteiger partial charge is 0.408 e. The number of nitrogens with one attached hydrogen (secondary N) is 2. The number of para-hydroxylation sites is 1. The lowest BCUT2D eigenvalue weighted by Crippen LogP contribution is -2.41. The van der Waals surface area contributed by atoms with Crippen molar-refractivity contribution < 1.29 is 14.3 Å². The van der Waals surface area contributed by atoms with Gasteiger partial charge in [0.2, 0.25) is 5.91 Å². The molecule has 0 aliphatic heterocycles. The third-order valence-electron chi connectivity index (χ3n) is 3.42. The standard InChI is InChI=1S/C19H18Br2N2O3/c1-13(22-19(25)26-12-14-7-3-2-4-8-14)18(24)23-16-10-6-5-9-15(16)11-17(20)21/h2-11,13H,12H2,1H3,(H,22,25)(H,23,24)/t13-/m0/s1. The first-order chi connectivity index (χ1) is 12.5. The van der Waals surface area contributed by atoms with Crippen molar-refractivity contribution in [3.8, 4) is 0 Å². The van der Waals surface area contributed by atoms with E-state index in [0.717, 1.165) is 14.5 Å². The second-order valence-corrected chi connectivity index (χ2v) is 8.21. The van der Waals surface area contributed by atoms with E-state index in [1.54, 1.807) is 13.0 Å². The molecule has 2 aromatic rings. The summed E-state index contributed by atoms with van der Waals surface area (Å²) in [5, 5.41) is 5.32. The van der Waals surface area contributed by atoms with Gasteiger partial charge in [-0.2, -0.15) is 0 Å². The Hall–Kier alpha value is -2.12. The molecule has 0 saturated heterocycles. The van der Waals surface area contributed by atoms with Crippen LogP contribution in [0.3, 0.4) is 0 Å². The molecule has 0 radical (unpaired) electrons. The van der Waals surface area contributed by atoms with Gasteiger partial charge in [0.15, 0.2) is 0 Å². The van der Waals surface area contributed by atoms with Gasteiger partial charge in [-0.05, 0) is 62.1 Å². The van der Waals surface area contributed by atoms with Crippen molar-refractivity contribution >= 4 is 55.6 Å². The predicted molar refractivity (Wildman–Crippen MR) is 110 cm³/mol. The Bertz CT molecular complexity index is 790. The van der Waals surface area contributed by atoms with Crippen LogP contribution in [-0.2, 0) is 16.1 Å². The molecule has 26 heavy (non-hydrogen) atoms. The van der Waals surface area contributed by atoms with Gasteiger partial charge in [0, 0.05) is 5.69 Å². The molecule has 5 nitrogen and oxygen atoms in total. The summed E-state index contributed by atoms with van der Waals surface area (Å²) in [5.74, 6) is -0.340. The van der Waals surface area contributed by atoms with Gasteiger partial charge in [0.1, 0.15) is 12.6 Å². The van der Waals surface area contributed by atoms with E-state index in [9.17, 15) is 9.59 Å². The Morgan fingerprint density at radius 1 is 1.08 bits per heavy atom. The Kier molecular flexibility index (Phi) is 7.87. The number of amides is 2. The quantitative estimate of drug-likeness (QED) is 0.608. The Morgan fingerprint density at radius 2 is 1.73 bits per heavy atom. The maximum atomic E-state index is 12.3. The van der Waals surface area contributed by atoms with Gasteiger partial charge in [-0.15, -0.1) is 0 Å². The van der Waals surface area contributed by atoms with Crippen LogP contribution < -0.4 is 10.6 Å². The van der Waals surface area contributed by atoms with Crippen LogP contribution in [0.15, 0.2) is 58.0 Å². The van der Waals surface area contributed by atoms with Crippen LogP contribution in [0.25, 0.3) is 6.08 Å².